The molecule has 1 aromatic carbocycles. The van der Waals surface area contributed by atoms with Crippen molar-refractivity contribution in [2.75, 3.05) is 13.6 Å². The summed E-state index contributed by atoms with van der Waals surface area (Å²) >= 11 is 0. The highest BCUT2D eigenvalue weighted by atomic mass is 16.5. The molecule has 9 nitrogen and oxygen atoms in total. The molecule has 1 atom stereocenters. The molecule has 0 fully saturated rings. The van der Waals surface area contributed by atoms with Crippen LogP contribution in [0.4, 0.5) is 0 Å². The van der Waals surface area contributed by atoms with Crippen molar-refractivity contribution in [1.82, 2.24) is 25.6 Å². The molecule has 2 amide bonds. The number of benzene rings is 1. The molecule has 0 saturated carbocycles. The van der Waals surface area contributed by atoms with Crippen molar-refractivity contribution >= 4 is 11.8 Å². The first-order valence-electron chi connectivity index (χ1n) is 13.4. The molecule has 0 bridgehead atoms. The van der Waals surface area contributed by atoms with Gasteiger partial charge in [0.1, 0.15) is 18.1 Å². The third-order valence-corrected chi connectivity index (χ3v) is 6.14. The van der Waals surface area contributed by atoms with E-state index in [9.17, 15) is 9.59 Å². The monoisotopic (exact) mass is 500 g/mol. The number of carbonyl (C=O) groups is 2. The predicted molar refractivity (Wildman–Crippen MR) is 141 cm³/mol. The zero-order valence-corrected chi connectivity index (χ0v) is 22.0. The number of hydrogen-bond acceptors (Lipinski definition) is 6. The average Bonchev–Trinajstić information content (AvgIpc) is 3.34. The van der Waals surface area contributed by atoms with Crippen LogP contribution in [-0.4, -0.2) is 46.4 Å². The maximum Gasteiger partial charge on any atom is 0.234 e. The van der Waals surface area contributed by atoms with E-state index < -0.39 is 0 Å². The standard InChI is InChI=1S/C27H44N6O3/c1-3-17-30-26(34)12-10-8-6-4-5-7-9-11-18-33-20-23(31-32-33)21-36-24-15-13-22(14-16-24)19-25(29-2)27(28)35/h13-16,20,25,29H,3-12,17-19,21H2,1-2H3,(H2,28,35)(H,30,34)/t25-/m0/s1. The molecule has 2 aromatic rings. The van der Waals surface area contributed by atoms with Crippen LogP contribution in [0, 0.1) is 0 Å². The number of nitrogens with one attached hydrogen (secondary N) is 2. The topological polar surface area (TPSA) is 124 Å². The summed E-state index contributed by atoms with van der Waals surface area (Å²) in [6.07, 6.45) is 13.5. The number of unbranched alkanes of at least 4 members (excludes halogenated alkanes) is 7. The van der Waals surface area contributed by atoms with Gasteiger partial charge in [-0.05, 0) is 50.4 Å². The predicted octanol–water partition coefficient (Wildman–Crippen LogP) is 3.51. The Morgan fingerprint density at radius 1 is 1.03 bits per heavy atom. The van der Waals surface area contributed by atoms with Crippen molar-refractivity contribution < 1.29 is 14.3 Å². The van der Waals surface area contributed by atoms with Crippen molar-refractivity contribution in [2.24, 2.45) is 5.73 Å². The summed E-state index contributed by atoms with van der Waals surface area (Å²) in [5.41, 5.74) is 7.19. The lowest BCUT2D eigenvalue weighted by molar-refractivity contribution is -0.121. The summed E-state index contributed by atoms with van der Waals surface area (Å²) < 4.78 is 7.70. The number of aromatic nitrogens is 3. The first-order chi connectivity index (χ1) is 17.5. The van der Waals surface area contributed by atoms with Gasteiger partial charge in [0.2, 0.25) is 11.8 Å². The van der Waals surface area contributed by atoms with Gasteiger partial charge in [0.25, 0.3) is 0 Å². The minimum absolute atomic E-state index is 0.190. The van der Waals surface area contributed by atoms with Crippen LogP contribution in [0.3, 0.4) is 0 Å². The number of rotatable bonds is 20. The molecule has 1 aromatic heterocycles. The summed E-state index contributed by atoms with van der Waals surface area (Å²) in [4.78, 5) is 22.9. The Morgan fingerprint density at radius 3 is 2.33 bits per heavy atom. The highest BCUT2D eigenvalue weighted by Crippen LogP contribution is 2.15. The number of carbonyl (C=O) groups excluding carboxylic acids is 2. The van der Waals surface area contributed by atoms with Crippen LogP contribution in [0.5, 0.6) is 5.75 Å². The van der Waals surface area contributed by atoms with E-state index in [0.29, 0.717) is 19.4 Å². The number of amides is 2. The number of nitrogens with zero attached hydrogens (tertiary/aromatic N) is 3. The molecular formula is C27H44N6O3. The van der Waals surface area contributed by atoms with Crippen LogP contribution in [0.1, 0.15) is 82.4 Å². The number of ether oxygens (including phenoxy) is 1. The molecule has 0 unspecified atom stereocenters. The average molecular weight is 501 g/mol. The van der Waals surface area contributed by atoms with Crippen LogP contribution in [0.2, 0.25) is 0 Å². The van der Waals surface area contributed by atoms with Gasteiger partial charge in [0.05, 0.1) is 12.2 Å². The number of primary amides is 1. The SMILES string of the molecule is CCCNC(=O)CCCCCCCCCCn1cc(COc2ccc(C[C@H](NC)C(N)=O)cc2)nn1. The van der Waals surface area contributed by atoms with Crippen LogP contribution < -0.4 is 21.1 Å². The van der Waals surface area contributed by atoms with Crippen molar-refractivity contribution in [2.45, 2.75) is 96.7 Å². The summed E-state index contributed by atoms with van der Waals surface area (Å²) in [7, 11) is 1.73. The fourth-order valence-corrected chi connectivity index (χ4v) is 3.95. The number of hydrogen-bond donors (Lipinski definition) is 3. The highest BCUT2D eigenvalue weighted by Gasteiger charge is 2.13. The second-order valence-electron chi connectivity index (χ2n) is 9.28. The van der Waals surface area contributed by atoms with Gasteiger partial charge in [0, 0.05) is 19.5 Å². The molecule has 0 radical (unpaired) electrons. The molecule has 4 N–H and O–H groups in total. The normalized spacial score (nSPS) is 11.8. The van der Waals surface area contributed by atoms with Crippen molar-refractivity contribution in [1.29, 1.82) is 0 Å². The van der Waals surface area contributed by atoms with Gasteiger partial charge in [-0.3, -0.25) is 14.3 Å². The summed E-state index contributed by atoms with van der Waals surface area (Å²) in [6, 6.07) is 7.27. The molecule has 9 heteroatoms. The van der Waals surface area contributed by atoms with E-state index >= 15 is 0 Å². The smallest absolute Gasteiger partial charge is 0.234 e. The molecule has 0 aliphatic rings. The molecule has 2 rings (SSSR count). The van der Waals surface area contributed by atoms with Gasteiger partial charge in [-0.25, -0.2) is 0 Å². The first-order valence-corrected chi connectivity index (χ1v) is 13.4. The second-order valence-corrected chi connectivity index (χ2v) is 9.28. The molecule has 0 saturated heterocycles. The second kappa shape index (κ2) is 17.5. The number of nitrogens with two attached hydrogens (primary N) is 1. The Balaban J connectivity index is 1.52. The van der Waals surface area contributed by atoms with E-state index in [-0.39, 0.29) is 17.9 Å². The highest BCUT2D eigenvalue weighted by molar-refractivity contribution is 5.80. The van der Waals surface area contributed by atoms with E-state index in [2.05, 4.69) is 27.9 Å². The summed E-state index contributed by atoms with van der Waals surface area (Å²) in [5, 5.41) is 14.3. The Kier molecular flexibility index (Phi) is 14.2. The van der Waals surface area contributed by atoms with Gasteiger partial charge >= 0.3 is 0 Å². The van der Waals surface area contributed by atoms with E-state index in [4.69, 9.17) is 10.5 Å². The summed E-state index contributed by atoms with van der Waals surface area (Å²) in [5.74, 6) is 0.570. The first kappa shape index (κ1) is 29.3. The lowest BCUT2D eigenvalue weighted by Crippen LogP contribution is -2.40. The van der Waals surface area contributed by atoms with E-state index in [1.165, 1.54) is 32.1 Å². The fourth-order valence-electron chi connectivity index (χ4n) is 3.95. The van der Waals surface area contributed by atoms with Crippen molar-refractivity contribution in [3.05, 3.63) is 41.7 Å². The molecule has 0 aliphatic heterocycles. The quantitative estimate of drug-likeness (QED) is 0.239. The molecule has 1 heterocycles. The summed E-state index contributed by atoms with van der Waals surface area (Å²) in [6.45, 7) is 4.08. The van der Waals surface area contributed by atoms with E-state index in [1.54, 1.807) is 7.05 Å². The zero-order chi connectivity index (χ0) is 26.0. The third kappa shape index (κ3) is 12.2. The molecule has 200 valence electrons. The lowest BCUT2D eigenvalue weighted by Gasteiger charge is -2.12. The van der Waals surface area contributed by atoms with E-state index in [0.717, 1.165) is 55.8 Å². The zero-order valence-electron chi connectivity index (χ0n) is 22.0. The Labute approximate surface area is 215 Å². The maximum absolute atomic E-state index is 11.6. The number of aryl methyl sites for hydroxylation is 1. The van der Waals surface area contributed by atoms with E-state index in [1.807, 2.05) is 35.1 Å². The van der Waals surface area contributed by atoms with Crippen LogP contribution in [0.15, 0.2) is 30.5 Å². The Hall–Kier alpha value is -2.94. The minimum Gasteiger partial charge on any atom is -0.487 e. The van der Waals surface area contributed by atoms with Crippen LogP contribution in [0.25, 0.3) is 0 Å². The maximum atomic E-state index is 11.6. The molecule has 36 heavy (non-hydrogen) atoms. The Morgan fingerprint density at radius 2 is 1.69 bits per heavy atom. The van der Waals surface area contributed by atoms with Crippen molar-refractivity contribution in [3.63, 3.8) is 0 Å². The lowest BCUT2D eigenvalue weighted by atomic mass is 10.1. The van der Waals surface area contributed by atoms with Gasteiger partial charge in [0.15, 0.2) is 0 Å². The van der Waals surface area contributed by atoms with Gasteiger partial charge in [-0.1, -0.05) is 62.8 Å². The van der Waals surface area contributed by atoms with Gasteiger partial charge in [-0.2, -0.15) is 0 Å². The Bertz CT molecular complexity index is 884. The van der Waals surface area contributed by atoms with Crippen molar-refractivity contribution in [3.8, 4) is 5.75 Å². The van der Waals surface area contributed by atoms with Gasteiger partial charge < -0.3 is 21.1 Å². The van der Waals surface area contributed by atoms with Crippen LogP contribution >= 0.6 is 0 Å². The van der Waals surface area contributed by atoms with Crippen LogP contribution in [-0.2, 0) is 29.2 Å². The largest absolute Gasteiger partial charge is 0.487 e. The fraction of sp³-hybridized carbons (Fsp3) is 0.630. The molecule has 0 spiro atoms. The molecular weight excluding hydrogens is 456 g/mol. The third-order valence-electron chi connectivity index (χ3n) is 6.14. The number of likely N-dealkylation sites (N-methyl/N-ethyl adjacent to an activating group) is 1. The van der Waals surface area contributed by atoms with Gasteiger partial charge in [-0.15, -0.1) is 5.10 Å². The minimum atomic E-state index is -0.382. The molecule has 0 aliphatic carbocycles.